The summed E-state index contributed by atoms with van der Waals surface area (Å²) in [6.07, 6.45) is 4.13. The Balaban J connectivity index is 1.68. The Kier molecular flexibility index (Phi) is 4.15. The van der Waals surface area contributed by atoms with E-state index in [2.05, 4.69) is 16.3 Å². The van der Waals surface area contributed by atoms with Gasteiger partial charge in [-0.2, -0.15) is 0 Å². The van der Waals surface area contributed by atoms with Crippen LogP contribution in [0.3, 0.4) is 0 Å². The topological polar surface area (TPSA) is 69.7 Å². The monoisotopic (exact) mass is 389 g/mol. The smallest absolute Gasteiger partial charge is 0.335 e. The number of rotatable bonds is 1. The van der Waals surface area contributed by atoms with Crippen LogP contribution in [0, 0.1) is 5.41 Å². The van der Waals surface area contributed by atoms with Crippen LogP contribution in [0.4, 0.5) is 16.2 Å². The van der Waals surface area contributed by atoms with E-state index >= 15 is 0 Å². The largest absolute Gasteiger partial charge is 0.367 e. The maximum absolute atomic E-state index is 13.9. The summed E-state index contributed by atoms with van der Waals surface area (Å²) >= 11 is 0. The van der Waals surface area contributed by atoms with E-state index in [0.29, 0.717) is 12.1 Å². The minimum Gasteiger partial charge on any atom is -0.367 e. The number of nitrogens with one attached hydrogen (secondary N) is 1. The number of amides is 4. The molecule has 6 heteroatoms. The van der Waals surface area contributed by atoms with E-state index in [0.717, 1.165) is 48.4 Å². The van der Waals surface area contributed by atoms with Gasteiger partial charge in [-0.15, -0.1) is 0 Å². The molecule has 2 unspecified atom stereocenters. The lowest BCUT2D eigenvalue weighted by molar-refractivity contribution is -0.144. The number of carbonyl (C=O) groups is 3. The molecule has 1 N–H and O–H groups in total. The van der Waals surface area contributed by atoms with Crippen molar-refractivity contribution in [2.24, 2.45) is 5.41 Å². The summed E-state index contributed by atoms with van der Waals surface area (Å²) < 4.78 is 0. The Morgan fingerprint density at radius 3 is 2.48 bits per heavy atom. The van der Waals surface area contributed by atoms with E-state index in [4.69, 9.17) is 0 Å². The van der Waals surface area contributed by atoms with E-state index in [1.54, 1.807) is 24.3 Å². The fraction of sp³-hybridized carbons (Fsp3) is 0.348. The van der Waals surface area contributed by atoms with Gasteiger partial charge in [0.15, 0.2) is 5.41 Å². The fourth-order valence-corrected chi connectivity index (χ4v) is 5.18. The van der Waals surface area contributed by atoms with Crippen molar-refractivity contribution >= 4 is 29.2 Å². The molecule has 0 bridgehead atoms. The fourth-order valence-electron chi connectivity index (χ4n) is 5.18. The molecule has 5 rings (SSSR count). The highest BCUT2D eigenvalue weighted by Crippen LogP contribution is 2.47. The van der Waals surface area contributed by atoms with Gasteiger partial charge in [-0.3, -0.25) is 14.9 Å². The number of nitrogens with zero attached hydrogens (tertiary/aromatic N) is 2. The number of fused-ring (bicyclic) bond motifs is 4. The van der Waals surface area contributed by atoms with Gasteiger partial charge in [0, 0.05) is 12.2 Å². The second-order valence-electron chi connectivity index (χ2n) is 8.07. The summed E-state index contributed by atoms with van der Waals surface area (Å²) in [5.41, 5.74) is 1.27. The minimum absolute atomic E-state index is 0.258. The van der Waals surface area contributed by atoms with Crippen LogP contribution in [0.15, 0.2) is 54.6 Å². The predicted octanol–water partition coefficient (Wildman–Crippen LogP) is 3.26. The van der Waals surface area contributed by atoms with Crippen molar-refractivity contribution in [2.45, 2.75) is 38.1 Å². The van der Waals surface area contributed by atoms with Crippen molar-refractivity contribution in [3.63, 3.8) is 0 Å². The number of urea groups is 1. The lowest BCUT2D eigenvalue weighted by Crippen LogP contribution is -2.72. The summed E-state index contributed by atoms with van der Waals surface area (Å²) in [6, 6.07) is 15.9. The van der Waals surface area contributed by atoms with Gasteiger partial charge in [0.05, 0.1) is 11.7 Å². The zero-order valence-corrected chi connectivity index (χ0v) is 16.1. The van der Waals surface area contributed by atoms with Crippen LogP contribution in [0.25, 0.3) is 0 Å². The van der Waals surface area contributed by atoms with Crippen molar-refractivity contribution in [1.29, 1.82) is 0 Å². The second-order valence-corrected chi connectivity index (χ2v) is 8.07. The number of imide groups is 2. The molecule has 29 heavy (non-hydrogen) atoms. The molecule has 3 aliphatic heterocycles. The molecule has 6 nitrogen and oxygen atoms in total. The van der Waals surface area contributed by atoms with Crippen molar-refractivity contribution in [3.05, 3.63) is 60.2 Å². The van der Waals surface area contributed by atoms with Crippen molar-refractivity contribution in [1.82, 2.24) is 5.32 Å². The molecule has 148 valence electrons. The van der Waals surface area contributed by atoms with E-state index in [1.807, 2.05) is 24.3 Å². The average molecular weight is 389 g/mol. The SMILES string of the molecule is O=C1NC(=O)C2(Cc3ccccc3N3CCCCCC32)C(=O)N1c1ccccc1. The zero-order chi connectivity index (χ0) is 20.0. The molecule has 2 aromatic rings. The first-order chi connectivity index (χ1) is 14.1. The van der Waals surface area contributed by atoms with Crippen LogP contribution >= 0.6 is 0 Å². The van der Waals surface area contributed by atoms with Crippen LogP contribution < -0.4 is 15.1 Å². The number of hydrogen-bond donors (Lipinski definition) is 1. The van der Waals surface area contributed by atoms with Crippen LogP contribution in [0.2, 0.25) is 0 Å². The number of anilines is 2. The van der Waals surface area contributed by atoms with Gasteiger partial charge in [-0.25, -0.2) is 9.69 Å². The quantitative estimate of drug-likeness (QED) is 0.760. The Bertz CT molecular complexity index is 990. The Hall–Kier alpha value is -3.15. The highest BCUT2D eigenvalue weighted by molar-refractivity contribution is 6.30. The number of carbonyl (C=O) groups excluding carboxylic acids is 3. The number of barbiturate groups is 1. The summed E-state index contributed by atoms with van der Waals surface area (Å²) in [5, 5.41) is 2.50. The van der Waals surface area contributed by atoms with Crippen LogP contribution in [0.5, 0.6) is 0 Å². The lowest BCUT2D eigenvalue weighted by Gasteiger charge is -2.51. The molecule has 3 heterocycles. The summed E-state index contributed by atoms with van der Waals surface area (Å²) in [7, 11) is 0. The molecule has 2 atom stereocenters. The second kappa shape index (κ2) is 6.72. The van der Waals surface area contributed by atoms with Crippen molar-refractivity contribution < 1.29 is 14.4 Å². The third-order valence-electron chi connectivity index (χ3n) is 6.52. The van der Waals surface area contributed by atoms with Gasteiger partial charge in [0.1, 0.15) is 0 Å². The van der Waals surface area contributed by atoms with Gasteiger partial charge < -0.3 is 4.90 Å². The zero-order valence-electron chi connectivity index (χ0n) is 16.1. The highest BCUT2D eigenvalue weighted by Gasteiger charge is 2.62. The van der Waals surface area contributed by atoms with E-state index in [9.17, 15) is 14.4 Å². The van der Waals surface area contributed by atoms with Crippen molar-refractivity contribution in [2.75, 3.05) is 16.3 Å². The predicted molar refractivity (Wildman–Crippen MR) is 110 cm³/mol. The highest BCUT2D eigenvalue weighted by atomic mass is 16.2. The molecule has 4 amide bonds. The molecular formula is C23H23N3O3. The lowest BCUT2D eigenvalue weighted by atomic mass is 9.67. The first-order valence-corrected chi connectivity index (χ1v) is 10.2. The van der Waals surface area contributed by atoms with Crippen LogP contribution in [0.1, 0.15) is 31.2 Å². The van der Waals surface area contributed by atoms with Gasteiger partial charge in [-0.1, -0.05) is 49.2 Å². The minimum atomic E-state index is -1.30. The Morgan fingerprint density at radius 2 is 1.66 bits per heavy atom. The van der Waals surface area contributed by atoms with E-state index in [-0.39, 0.29) is 6.04 Å². The van der Waals surface area contributed by atoms with Crippen molar-refractivity contribution in [3.8, 4) is 0 Å². The standard InChI is InChI=1S/C23H23N3O3/c27-20-23(21(28)26(22(29)24-20)17-10-3-1-4-11-17)15-16-9-6-7-12-18(16)25-14-8-2-5-13-19(23)25/h1,3-4,6-7,9-12,19H,2,5,8,13-15H2,(H,24,27,29). The van der Waals surface area contributed by atoms with Gasteiger partial charge in [0.2, 0.25) is 5.91 Å². The normalized spacial score (nSPS) is 26.6. The van der Waals surface area contributed by atoms with Crippen LogP contribution in [-0.2, 0) is 16.0 Å². The molecule has 3 aliphatic rings. The summed E-state index contributed by atoms with van der Waals surface area (Å²) in [4.78, 5) is 43.3. The maximum atomic E-state index is 13.9. The Labute approximate surface area is 169 Å². The molecule has 0 aromatic heterocycles. The number of hydrogen-bond acceptors (Lipinski definition) is 4. The molecule has 0 aliphatic carbocycles. The van der Waals surface area contributed by atoms with Gasteiger partial charge >= 0.3 is 6.03 Å². The van der Waals surface area contributed by atoms with E-state index in [1.165, 1.54) is 0 Å². The number of para-hydroxylation sites is 2. The third kappa shape index (κ3) is 2.58. The summed E-state index contributed by atoms with van der Waals surface area (Å²) in [5.74, 6) is -0.880. The van der Waals surface area contributed by atoms with E-state index < -0.39 is 23.3 Å². The third-order valence-corrected chi connectivity index (χ3v) is 6.52. The molecule has 0 radical (unpaired) electrons. The average Bonchev–Trinajstić information content (AvgIpc) is 2.99. The maximum Gasteiger partial charge on any atom is 0.335 e. The molecule has 2 fully saturated rings. The number of benzene rings is 2. The summed E-state index contributed by atoms with van der Waals surface area (Å²) in [6.45, 7) is 0.809. The van der Waals surface area contributed by atoms with Gasteiger partial charge in [0.25, 0.3) is 5.91 Å². The first kappa shape index (κ1) is 17.9. The van der Waals surface area contributed by atoms with Gasteiger partial charge in [-0.05, 0) is 43.0 Å². The molecule has 1 spiro atoms. The molecule has 2 aromatic carbocycles. The first-order valence-electron chi connectivity index (χ1n) is 10.2. The van der Waals surface area contributed by atoms with Crippen LogP contribution in [-0.4, -0.2) is 30.4 Å². The molecular weight excluding hydrogens is 366 g/mol. The molecule has 0 saturated carbocycles. The Morgan fingerprint density at radius 1 is 0.897 bits per heavy atom. The molecule has 2 saturated heterocycles.